The Morgan fingerprint density at radius 1 is 1.26 bits per heavy atom. The van der Waals surface area contributed by atoms with Gasteiger partial charge in [-0.15, -0.1) is 11.3 Å². The number of carbonyl (C=O) groups is 3. The fourth-order valence-corrected chi connectivity index (χ4v) is 3.32. The summed E-state index contributed by atoms with van der Waals surface area (Å²) < 4.78 is 26.0. The molecule has 3 amide bonds. The standard InChI is InChI=1S/C17H16F2N4O3S/c18-12-4-3-9(6-13(12)19)21-14(24)7-10-8-27-17(22-10)23-16(26)11-2-1-5-20-15(11)25/h3-4,6,8,11H,1-2,5,7H2,(H,20,25)(H,21,24)(H,22,23,26). The molecule has 1 saturated heterocycles. The van der Waals surface area contributed by atoms with Gasteiger partial charge in [-0.05, 0) is 25.0 Å². The van der Waals surface area contributed by atoms with E-state index in [1.807, 2.05) is 0 Å². The largest absolute Gasteiger partial charge is 0.355 e. The van der Waals surface area contributed by atoms with Crippen LogP contribution in [-0.2, 0) is 20.8 Å². The normalized spacial score (nSPS) is 16.5. The van der Waals surface area contributed by atoms with Crippen LogP contribution in [-0.4, -0.2) is 29.3 Å². The van der Waals surface area contributed by atoms with Crippen LogP contribution < -0.4 is 16.0 Å². The Morgan fingerprint density at radius 2 is 2.07 bits per heavy atom. The topological polar surface area (TPSA) is 100 Å². The number of anilines is 2. The Bertz CT molecular complexity index is 887. The van der Waals surface area contributed by atoms with Gasteiger partial charge in [-0.2, -0.15) is 0 Å². The number of rotatable bonds is 5. The highest BCUT2D eigenvalue weighted by molar-refractivity contribution is 7.13. The van der Waals surface area contributed by atoms with Crippen LogP contribution in [0.2, 0.25) is 0 Å². The van der Waals surface area contributed by atoms with Crippen molar-refractivity contribution in [2.75, 3.05) is 17.2 Å². The van der Waals surface area contributed by atoms with E-state index in [9.17, 15) is 23.2 Å². The van der Waals surface area contributed by atoms with Gasteiger partial charge < -0.3 is 16.0 Å². The molecular formula is C17H16F2N4O3S. The molecule has 0 radical (unpaired) electrons. The maximum Gasteiger partial charge on any atom is 0.238 e. The van der Waals surface area contributed by atoms with Crippen molar-refractivity contribution in [1.29, 1.82) is 0 Å². The molecule has 2 aromatic rings. The Kier molecular flexibility index (Phi) is 5.75. The number of nitrogens with one attached hydrogen (secondary N) is 3. The molecule has 3 rings (SSSR count). The molecule has 10 heteroatoms. The Morgan fingerprint density at radius 3 is 2.81 bits per heavy atom. The number of hydrogen-bond acceptors (Lipinski definition) is 5. The molecule has 1 aliphatic rings. The van der Waals surface area contributed by atoms with Crippen LogP contribution in [0.25, 0.3) is 0 Å². The number of thiazole rings is 1. The van der Waals surface area contributed by atoms with Crippen molar-refractivity contribution in [3.63, 3.8) is 0 Å². The second kappa shape index (κ2) is 8.21. The van der Waals surface area contributed by atoms with E-state index in [4.69, 9.17) is 0 Å². The molecule has 1 aromatic carbocycles. The minimum absolute atomic E-state index is 0.102. The average Bonchev–Trinajstić information content (AvgIpc) is 3.05. The zero-order chi connectivity index (χ0) is 19.4. The summed E-state index contributed by atoms with van der Waals surface area (Å²) in [5.41, 5.74) is 0.537. The van der Waals surface area contributed by atoms with Crippen LogP contribution >= 0.6 is 11.3 Å². The highest BCUT2D eigenvalue weighted by Crippen LogP contribution is 2.20. The summed E-state index contributed by atoms with van der Waals surface area (Å²) in [6.45, 7) is 0.567. The summed E-state index contributed by atoms with van der Waals surface area (Å²) >= 11 is 1.13. The van der Waals surface area contributed by atoms with E-state index in [1.54, 1.807) is 5.38 Å². The molecular weight excluding hydrogens is 378 g/mol. The summed E-state index contributed by atoms with van der Waals surface area (Å²) in [5.74, 6) is -4.00. The molecule has 142 valence electrons. The van der Waals surface area contributed by atoms with Gasteiger partial charge in [0.05, 0.1) is 12.1 Å². The second-order valence-corrected chi connectivity index (χ2v) is 6.83. The monoisotopic (exact) mass is 394 g/mol. The third-order valence-corrected chi connectivity index (χ3v) is 4.74. The third-order valence-electron chi connectivity index (χ3n) is 3.93. The van der Waals surface area contributed by atoms with Gasteiger partial charge in [0.1, 0.15) is 5.92 Å². The minimum Gasteiger partial charge on any atom is -0.355 e. The highest BCUT2D eigenvalue weighted by atomic mass is 32.1. The summed E-state index contributed by atoms with van der Waals surface area (Å²) in [5, 5.41) is 9.55. The molecule has 1 aliphatic heterocycles. The molecule has 1 atom stereocenters. The molecule has 27 heavy (non-hydrogen) atoms. The molecule has 0 aliphatic carbocycles. The summed E-state index contributed by atoms with van der Waals surface area (Å²) in [6.07, 6.45) is 1.11. The van der Waals surface area contributed by atoms with Gasteiger partial charge >= 0.3 is 0 Å². The average molecular weight is 394 g/mol. The van der Waals surface area contributed by atoms with Crippen molar-refractivity contribution >= 4 is 39.9 Å². The first kappa shape index (κ1) is 18.9. The van der Waals surface area contributed by atoms with Crippen molar-refractivity contribution in [1.82, 2.24) is 10.3 Å². The SMILES string of the molecule is O=C(Cc1csc(NC(=O)C2CCCNC2=O)n1)Nc1ccc(F)c(F)c1. The fourth-order valence-electron chi connectivity index (χ4n) is 2.60. The predicted molar refractivity (Wildman–Crippen MR) is 95.2 cm³/mol. The van der Waals surface area contributed by atoms with E-state index in [0.29, 0.717) is 18.7 Å². The van der Waals surface area contributed by atoms with E-state index in [1.165, 1.54) is 6.07 Å². The minimum atomic E-state index is -1.06. The Labute approximate surface area is 157 Å². The number of amides is 3. The van der Waals surface area contributed by atoms with E-state index >= 15 is 0 Å². The zero-order valence-corrected chi connectivity index (χ0v) is 14.9. The predicted octanol–water partition coefficient (Wildman–Crippen LogP) is 2.07. The van der Waals surface area contributed by atoms with Gasteiger partial charge in [0.25, 0.3) is 0 Å². The van der Waals surface area contributed by atoms with Crippen molar-refractivity contribution in [2.24, 2.45) is 5.92 Å². The molecule has 2 heterocycles. The van der Waals surface area contributed by atoms with Gasteiger partial charge in [-0.1, -0.05) is 0 Å². The lowest BCUT2D eigenvalue weighted by Crippen LogP contribution is -2.42. The number of halogens is 2. The van der Waals surface area contributed by atoms with Gasteiger partial charge in [-0.25, -0.2) is 13.8 Å². The third kappa shape index (κ3) is 4.85. The molecule has 0 saturated carbocycles. The van der Waals surface area contributed by atoms with Crippen LogP contribution in [0.3, 0.4) is 0 Å². The van der Waals surface area contributed by atoms with E-state index in [0.717, 1.165) is 29.9 Å². The zero-order valence-electron chi connectivity index (χ0n) is 14.1. The van der Waals surface area contributed by atoms with Gasteiger partial charge in [0.15, 0.2) is 16.8 Å². The quantitative estimate of drug-likeness (QED) is 0.676. The Hall–Kier alpha value is -2.88. The first-order valence-corrected chi connectivity index (χ1v) is 9.08. The molecule has 1 unspecified atom stereocenters. The molecule has 1 aromatic heterocycles. The molecule has 7 nitrogen and oxygen atoms in total. The van der Waals surface area contributed by atoms with E-state index in [2.05, 4.69) is 20.9 Å². The lowest BCUT2D eigenvalue weighted by Gasteiger charge is -2.20. The lowest BCUT2D eigenvalue weighted by molar-refractivity contribution is -0.134. The molecule has 0 spiro atoms. The number of carbonyl (C=O) groups excluding carboxylic acids is 3. The van der Waals surface area contributed by atoms with Crippen molar-refractivity contribution < 1.29 is 23.2 Å². The van der Waals surface area contributed by atoms with E-state index < -0.39 is 29.4 Å². The number of nitrogens with zero attached hydrogens (tertiary/aromatic N) is 1. The first-order valence-electron chi connectivity index (χ1n) is 8.20. The van der Waals surface area contributed by atoms with Gasteiger partial charge in [0.2, 0.25) is 17.7 Å². The van der Waals surface area contributed by atoms with Crippen LogP contribution in [0.1, 0.15) is 18.5 Å². The van der Waals surface area contributed by atoms with Crippen LogP contribution in [0.15, 0.2) is 23.6 Å². The number of hydrogen-bond donors (Lipinski definition) is 3. The number of benzene rings is 1. The van der Waals surface area contributed by atoms with Gasteiger partial charge in [-0.3, -0.25) is 14.4 Å². The number of piperidine rings is 1. The lowest BCUT2D eigenvalue weighted by atomic mass is 9.98. The molecule has 1 fully saturated rings. The van der Waals surface area contributed by atoms with Crippen LogP contribution in [0.4, 0.5) is 19.6 Å². The summed E-state index contributed by atoms with van der Waals surface area (Å²) in [4.78, 5) is 40.0. The first-order chi connectivity index (χ1) is 12.9. The summed E-state index contributed by atoms with van der Waals surface area (Å²) in [7, 11) is 0. The maximum absolute atomic E-state index is 13.2. The van der Waals surface area contributed by atoms with E-state index in [-0.39, 0.29) is 23.1 Å². The smallest absolute Gasteiger partial charge is 0.238 e. The second-order valence-electron chi connectivity index (χ2n) is 5.97. The van der Waals surface area contributed by atoms with Crippen molar-refractivity contribution in [3.05, 3.63) is 40.9 Å². The van der Waals surface area contributed by atoms with Crippen LogP contribution in [0, 0.1) is 17.6 Å². The van der Waals surface area contributed by atoms with Gasteiger partial charge in [0, 0.05) is 23.7 Å². The summed E-state index contributed by atoms with van der Waals surface area (Å²) in [6, 6.07) is 3.05. The van der Waals surface area contributed by atoms with Crippen LogP contribution in [0.5, 0.6) is 0 Å². The number of aromatic nitrogens is 1. The maximum atomic E-state index is 13.2. The molecule has 3 N–H and O–H groups in total. The highest BCUT2D eigenvalue weighted by Gasteiger charge is 2.29. The van der Waals surface area contributed by atoms with Crippen molar-refractivity contribution in [3.8, 4) is 0 Å². The molecule has 0 bridgehead atoms. The van der Waals surface area contributed by atoms with Crippen molar-refractivity contribution in [2.45, 2.75) is 19.3 Å². The fraction of sp³-hybridized carbons (Fsp3) is 0.294. The Balaban J connectivity index is 1.55.